The van der Waals surface area contributed by atoms with Gasteiger partial charge in [0.2, 0.25) is 5.91 Å². The van der Waals surface area contributed by atoms with Crippen LogP contribution in [0.1, 0.15) is 31.2 Å². The number of carbonyl (C=O) groups is 2. The zero-order chi connectivity index (χ0) is 18.9. The van der Waals surface area contributed by atoms with Gasteiger partial charge in [-0.25, -0.2) is 0 Å². The fraction of sp³-hybridized carbons (Fsp3) is 0.556. The lowest BCUT2D eigenvalue weighted by molar-refractivity contribution is -0.138. The van der Waals surface area contributed by atoms with Gasteiger partial charge >= 0.3 is 5.97 Å². The molecule has 1 aromatic carbocycles. The first-order chi connectivity index (χ1) is 12.5. The number of ether oxygens (including phenoxy) is 2. The van der Waals surface area contributed by atoms with Crippen molar-refractivity contribution in [2.75, 3.05) is 33.4 Å². The average molecular weight is 385 g/mol. The molecule has 0 aliphatic carbocycles. The Morgan fingerprint density at radius 2 is 2.00 bits per heavy atom. The summed E-state index contributed by atoms with van der Waals surface area (Å²) in [5.74, 6) is -0.322. The van der Waals surface area contributed by atoms with E-state index in [2.05, 4.69) is 10.2 Å². The molecule has 1 fully saturated rings. The van der Waals surface area contributed by atoms with Crippen LogP contribution >= 0.6 is 11.6 Å². The smallest absolute Gasteiger partial charge is 0.303 e. The lowest BCUT2D eigenvalue weighted by Gasteiger charge is -2.17. The molecular formula is C18H25ClN2O5. The SMILES string of the molecule is COc1cc(CNC(=O)CCC(=O)O)cc(Cl)c1OCCN1CCCC1. The van der Waals surface area contributed by atoms with Crippen molar-refractivity contribution >= 4 is 23.5 Å². The highest BCUT2D eigenvalue weighted by molar-refractivity contribution is 6.32. The molecule has 1 aliphatic rings. The predicted molar refractivity (Wildman–Crippen MR) is 97.9 cm³/mol. The fourth-order valence-corrected chi connectivity index (χ4v) is 3.10. The molecule has 1 heterocycles. The van der Waals surface area contributed by atoms with E-state index in [-0.39, 0.29) is 25.3 Å². The molecular weight excluding hydrogens is 360 g/mol. The summed E-state index contributed by atoms with van der Waals surface area (Å²) < 4.78 is 11.2. The molecule has 2 rings (SSSR count). The topological polar surface area (TPSA) is 88.1 Å². The highest BCUT2D eigenvalue weighted by Gasteiger charge is 2.15. The lowest BCUT2D eigenvalue weighted by atomic mass is 10.2. The van der Waals surface area contributed by atoms with Gasteiger partial charge in [0.05, 0.1) is 18.6 Å². The number of likely N-dealkylation sites (tertiary alicyclic amines) is 1. The number of nitrogens with zero attached hydrogens (tertiary/aromatic N) is 1. The van der Waals surface area contributed by atoms with Gasteiger partial charge in [0.25, 0.3) is 0 Å². The minimum Gasteiger partial charge on any atom is -0.493 e. The van der Waals surface area contributed by atoms with Crippen LogP contribution in [0.2, 0.25) is 5.02 Å². The Balaban J connectivity index is 1.90. The summed E-state index contributed by atoms with van der Waals surface area (Å²) in [5, 5.41) is 11.7. The summed E-state index contributed by atoms with van der Waals surface area (Å²) >= 11 is 6.32. The molecule has 1 aromatic rings. The number of carboxylic acids is 1. The van der Waals surface area contributed by atoms with Gasteiger partial charge in [-0.2, -0.15) is 0 Å². The van der Waals surface area contributed by atoms with Crippen molar-refractivity contribution in [3.63, 3.8) is 0 Å². The predicted octanol–water partition coefficient (Wildman–Crippen LogP) is 2.30. The van der Waals surface area contributed by atoms with Crippen LogP contribution < -0.4 is 14.8 Å². The quantitative estimate of drug-likeness (QED) is 0.643. The molecule has 7 nitrogen and oxygen atoms in total. The van der Waals surface area contributed by atoms with Gasteiger partial charge in [-0.1, -0.05) is 11.6 Å². The second-order valence-corrected chi connectivity index (χ2v) is 6.58. The van der Waals surface area contributed by atoms with Gasteiger partial charge in [-0.3, -0.25) is 14.5 Å². The number of carboxylic acid groups (broad SMARTS) is 1. The first-order valence-electron chi connectivity index (χ1n) is 8.69. The van der Waals surface area contributed by atoms with E-state index in [1.54, 1.807) is 12.1 Å². The number of carbonyl (C=O) groups excluding carboxylic acids is 1. The number of aliphatic carboxylic acids is 1. The molecule has 1 saturated heterocycles. The Bertz CT molecular complexity index is 632. The number of nitrogens with one attached hydrogen (secondary N) is 1. The Labute approximate surface area is 158 Å². The number of methoxy groups -OCH3 is 1. The van der Waals surface area contributed by atoms with Gasteiger partial charge in [0.1, 0.15) is 6.61 Å². The van der Waals surface area contributed by atoms with Crippen LogP contribution in [0.25, 0.3) is 0 Å². The molecule has 0 saturated carbocycles. The monoisotopic (exact) mass is 384 g/mol. The van der Waals surface area contributed by atoms with E-state index in [1.165, 1.54) is 20.0 Å². The van der Waals surface area contributed by atoms with Crippen LogP contribution in [0.4, 0.5) is 0 Å². The molecule has 26 heavy (non-hydrogen) atoms. The van der Waals surface area contributed by atoms with Crippen LogP contribution in [0, 0.1) is 0 Å². The van der Waals surface area contributed by atoms with E-state index in [0.717, 1.165) is 25.2 Å². The molecule has 0 atom stereocenters. The van der Waals surface area contributed by atoms with E-state index >= 15 is 0 Å². The van der Waals surface area contributed by atoms with Gasteiger partial charge in [0, 0.05) is 19.5 Å². The van der Waals surface area contributed by atoms with E-state index in [4.69, 9.17) is 26.2 Å². The highest BCUT2D eigenvalue weighted by atomic mass is 35.5. The summed E-state index contributed by atoms with van der Waals surface area (Å²) in [6.07, 6.45) is 2.21. The highest BCUT2D eigenvalue weighted by Crippen LogP contribution is 2.36. The summed E-state index contributed by atoms with van der Waals surface area (Å²) in [4.78, 5) is 24.5. The van der Waals surface area contributed by atoms with Crippen molar-refractivity contribution in [2.24, 2.45) is 0 Å². The largest absolute Gasteiger partial charge is 0.493 e. The minimum atomic E-state index is -1.000. The molecule has 0 aromatic heterocycles. The standard InChI is InChI=1S/C18H25ClN2O5/c1-25-15-11-13(12-20-16(22)4-5-17(23)24)10-14(19)18(15)26-9-8-21-6-2-3-7-21/h10-11H,2-9,12H2,1H3,(H,20,22)(H,23,24). The maximum absolute atomic E-state index is 11.6. The Kier molecular flexibility index (Phi) is 8.00. The molecule has 0 bridgehead atoms. The van der Waals surface area contributed by atoms with E-state index in [0.29, 0.717) is 23.1 Å². The van der Waals surface area contributed by atoms with Gasteiger partial charge in [0.15, 0.2) is 11.5 Å². The fourth-order valence-electron chi connectivity index (χ4n) is 2.81. The van der Waals surface area contributed by atoms with Crippen LogP contribution in [0.15, 0.2) is 12.1 Å². The Hall–Kier alpha value is -1.99. The van der Waals surface area contributed by atoms with E-state index < -0.39 is 5.97 Å². The van der Waals surface area contributed by atoms with Crippen LogP contribution in [0.3, 0.4) is 0 Å². The minimum absolute atomic E-state index is 0.0576. The van der Waals surface area contributed by atoms with Gasteiger partial charge in [-0.05, 0) is 43.6 Å². The molecule has 144 valence electrons. The van der Waals surface area contributed by atoms with Crippen molar-refractivity contribution in [1.82, 2.24) is 10.2 Å². The van der Waals surface area contributed by atoms with Crippen molar-refractivity contribution < 1.29 is 24.2 Å². The lowest BCUT2D eigenvalue weighted by Crippen LogP contribution is -2.25. The van der Waals surface area contributed by atoms with Gasteiger partial charge in [-0.15, -0.1) is 0 Å². The third-order valence-electron chi connectivity index (χ3n) is 4.20. The summed E-state index contributed by atoms with van der Waals surface area (Å²) in [7, 11) is 1.54. The first kappa shape index (κ1) is 20.3. The third kappa shape index (κ3) is 6.38. The van der Waals surface area contributed by atoms with Crippen LogP contribution in [-0.2, 0) is 16.1 Å². The maximum atomic E-state index is 11.6. The summed E-state index contributed by atoms with van der Waals surface area (Å²) in [6, 6.07) is 3.47. The average Bonchev–Trinajstić information content (AvgIpc) is 3.12. The third-order valence-corrected chi connectivity index (χ3v) is 4.48. The number of hydrogen-bond donors (Lipinski definition) is 2. The Morgan fingerprint density at radius 3 is 2.65 bits per heavy atom. The van der Waals surface area contributed by atoms with Crippen molar-refractivity contribution in [2.45, 2.75) is 32.2 Å². The van der Waals surface area contributed by atoms with Crippen LogP contribution in [-0.4, -0.2) is 55.2 Å². The zero-order valence-corrected chi connectivity index (χ0v) is 15.7. The summed E-state index contributed by atoms with van der Waals surface area (Å²) in [5.41, 5.74) is 0.752. The van der Waals surface area contributed by atoms with Crippen molar-refractivity contribution in [3.8, 4) is 11.5 Å². The number of halogens is 1. The van der Waals surface area contributed by atoms with Crippen molar-refractivity contribution in [1.29, 1.82) is 0 Å². The summed E-state index contributed by atoms with van der Waals surface area (Å²) in [6.45, 7) is 3.83. The maximum Gasteiger partial charge on any atom is 0.303 e. The second kappa shape index (κ2) is 10.2. The first-order valence-corrected chi connectivity index (χ1v) is 9.07. The molecule has 1 aliphatic heterocycles. The van der Waals surface area contributed by atoms with Crippen molar-refractivity contribution in [3.05, 3.63) is 22.7 Å². The molecule has 0 radical (unpaired) electrons. The number of hydrogen-bond acceptors (Lipinski definition) is 5. The number of rotatable bonds is 10. The number of benzene rings is 1. The second-order valence-electron chi connectivity index (χ2n) is 6.18. The molecule has 1 amide bonds. The number of amides is 1. The van der Waals surface area contributed by atoms with E-state index in [9.17, 15) is 9.59 Å². The normalized spacial score (nSPS) is 14.2. The molecule has 8 heteroatoms. The van der Waals surface area contributed by atoms with Crippen LogP contribution in [0.5, 0.6) is 11.5 Å². The zero-order valence-electron chi connectivity index (χ0n) is 14.9. The molecule has 2 N–H and O–H groups in total. The molecule has 0 spiro atoms. The van der Waals surface area contributed by atoms with E-state index in [1.807, 2.05) is 0 Å². The molecule has 0 unspecified atom stereocenters. The Morgan fingerprint density at radius 1 is 1.27 bits per heavy atom. The van der Waals surface area contributed by atoms with Gasteiger partial charge < -0.3 is 19.9 Å².